The first-order valence-corrected chi connectivity index (χ1v) is 10.2. The van der Waals surface area contributed by atoms with E-state index >= 15 is 0 Å². The van der Waals surface area contributed by atoms with Gasteiger partial charge in [-0.25, -0.2) is 4.98 Å². The average molecular weight is 366 g/mol. The van der Waals surface area contributed by atoms with Gasteiger partial charge in [0.05, 0.1) is 11.7 Å². The summed E-state index contributed by atoms with van der Waals surface area (Å²) in [6.07, 6.45) is 10.1. The van der Waals surface area contributed by atoms with Gasteiger partial charge in [-0.05, 0) is 37.3 Å². The number of imidazole rings is 1. The van der Waals surface area contributed by atoms with Crippen LogP contribution in [0.1, 0.15) is 32.1 Å². The monoisotopic (exact) mass is 366 g/mol. The van der Waals surface area contributed by atoms with Crippen molar-refractivity contribution in [1.82, 2.24) is 14.7 Å². The fourth-order valence-electron chi connectivity index (χ4n) is 4.34. The van der Waals surface area contributed by atoms with Gasteiger partial charge in [-0.15, -0.1) is 11.3 Å². The third kappa shape index (κ3) is 2.93. The first-order chi connectivity index (χ1) is 12.8. The van der Waals surface area contributed by atoms with Crippen molar-refractivity contribution in [2.24, 2.45) is 5.92 Å². The molecule has 2 aliphatic rings. The fraction of sp³-hybridized carbons (Fsp3) is 0.400. The number of fused-ring (bicyclic) bond motifs is 2. The molecule has 1 saturated heterocycles. The predicted molar refractivity (Wildman–Crippen MR) is 104 cm³/mol. The normalized spacial score (nSPS) is 25.3. The van der Waals surface area contributed by atoms with Crippen molar-refractivity contribution in [2.75, 3.05) is 5.32 Å². The SMILES string of the molecule is O=C(Nc1ccc(-c2cn3ccsc3n2)cc1)C1CC2CCCCC2N1. The molecule has 1 aliphatic carbocycles. The molecule has 3 aromatic rings. The van der Waals surface area contributed by atoms with Gasteiger partial charge in [0.15, 0.2) is 4.96 Å². The number of rotatable bonds is 3. The minimum absolute atomic E-state index is 0.0531. The minimum atomic E-state index is -0.0531. The van der Waals surface area contributed by atoms with Crippen molar-refractivity contribution in [1.29, 1.82) is 0 Å². The molecule has 0 bridgehead atoms. The number of thiazole rings is 1. The molecule has 5 rings (SSSR count). The Kier molecular flexibility index (Phi) is 4.02. The number of amides is 1. The van der Waals surface area contributed by atoms with E-state index < -0.39 is 0 Å². The molecule has 1 amide bonds. The zero-order valence-electron chi connectivity index (χ0n) is 14.5. The van der Waals surface area contributed by atoms with Crippen molar-refractivity contribution in [3.05, 3.63) is 42.0 Å². The Labute approximate surface area is 156 Å². The summed E-state index contributed by atoms with van der Waals surface area (Å²) in [5, 5.41) is 8.63. The topological polar surface area (TPSA) is 58.4 Å². The van der Waals surface area contributed by atoms with Crippen LogP contribution in [-0.2, 0) is 4.79 Å². The van der Waals surface area contributed by atoms with E-state index in [1.807, 2.05) is 46.4 Å². The summed E-state index contributed by atoms with van der Waals surface area (Å²) >= 11 is 1.62. The van der Waals surface area contributed by atoms with Crippen molar-refractivity contribution in [2.45, 2.75) is 44.2 Å². The van der Waals surface area contributed by atoms with Crippen LogP contribution in [0.15, 0.2) is 42.0 Å². The van der Waals surface area contributed by atoms with E-state index in [0.717, 1.165) is 28.3 Å². The van der Waals surface area contributed by atoms with Gasteiger partial charge in [-0.3, -0.25) is 9.20 Å². The number of hydrogen-bond donors (Lipinski definition) is 2. The molecule has 1 saturated carbocycles. The molecule has 3 atom stereocenters. The lowest BCUT2D eigenvalue weighted by molar-refractivity contribution is -0.117. The van der Waals surface area contributed by atoms with E-state index in [0.29, 0.717) is 12.0 Å². The number of anilines is 1. The van der Waals surface area contributed by atoms with Crippen LogP contribution in [0.2, 0.25) is 0 Å². The fourth-order valence-corrected chi connectivity index (χ4v) is 5.04. The van der Waals surface area contributed by atoms with E-state index in [4.69, 9.17) is 0 Å². The van der Waals surface area contributed by atoms with Crippen molar-refractivity contribution < 1.29 is 4.79 Å². The summed E-state index contributed by atoms with van der Waals surface area (Å²) in [7, 11) is 0. The molecule has 26 heavy (non-hydrogen) atoms. The molecular formula is C20H22N4OS. The van der Waals surface area contributed by atoms with Crippen LogP contribution in [-0.4, -0.2) is 27.4 Å². The molecule has 0 spiro atoms. The maximum Gasteiger partial charge on any atom is 0.241 e. The Morgan fingerprint density at radius 1 is 1.23 bits per heavy atom. The van der Waals surface area contributed by atoms with Crippen LogP contribution in [0.5, 0.6) is 0 Å². The van der Waals surface area contributed by atoms with Gasteiger partial charge in [0.25, 0.3) is 0 Å². The number of benzene rings is 1. The third-order valence-corrected chi connectivity index (χ3v) is 6.49. The van der Waals surface area contributed by atoms with Crippen LogP contribution in [0.25, 0.3) is 16.2 Å². The highest BCUT2D eigenvalue weighted by atomic mass is 32.1. The van der Waals surface area contributed by atoms with Crippen LogP contribution in [0.4, 0.5) is 5.69 Å². The molecule has 1 aliphatic heterocycles. The highest BCUT2D eigenvalue weighted by molar-refractivity contribution is 7.15. The van der Waals surface area contributed by atoms with Gasteiger partial charge in [-0.1, -0.05) is 25.0 Å². The molecule has 1 aromatic carbocycles. The van der Waals surface area contributed by atoms with Gasteiger partial charge in [-0.2, -0.15) is 0 Å². The summed E-state index contributed by atoms with van der Waals surface area (Å²) in [6, 6.07) is 8.44. The number of carbonyl (C=O) groups excluding carboxylic acids is 1. The van der Waals surface area contributed by atoms with E-state index in [1.165, 1.54) is 25.7 Å². The quantitative estimate of drug-likeness (QED) is 0.739. The molecular weight excluding hydrogens is 344 g/mol. The van der Waals surface area contributed by atoms with Crippen LogP contribution < -0.4 is 10.6 Å². The number of nitrogens with zero attached hydrogens (tertiary/aromatic N) is 2. The smallest absolute Gasteiger partial charge is 0.241 e. The minimum Gasteiger partial charge on any atom is -0.325 e. The Morgan fingerprint density at radius 2 is 2.08 bits per heavy atom. The van der Waals surface area contributed by atoms with E-state index in [1.54, 1.807) is 11.3 Å². The van der Waals surface area contributed by atoms with Crippen LogP contribution in [0, 0.1) is 5.92 Å². The zero-order valence-corrected chi connectivity index (χ0v) is 15.3. The maximum absolute atomic E-state index is 12.6. The molecule has 6 heteroatoms. The molecule has 2 aromatic heterocycles. The second-order valence-corrected chi connectivity index (χ2v) is 8.26. The first kappa shape index (κ1) is 16.0. The molecule has 5 nitrogen and oxygen atoms in total. The average Bonchev–Trinajstić information content (AvgIpc) is 3.36. The largest absolute Gasteiger partial charge is 0.325 e. The number of hydrogen-bond acceptors (Lipinski definition) is 4. The first-order valence-electron chi connectivity index (χ1n) is 9.36. The number of nitrogens with one attached hydrogen (secondary N) is 2. The van der Waals surface area contributed by atoms with Crippen LogP contribution in [0.3, 0.4) is 0 Å². The van der Waals surface area contributed by atoms with Gasteiger partial charge < -0.3 is 10.6 Å². The maximum atomic E-state index is 12.6. The second-order valence-electron chi connectivity index (χ2n) is 7.39. The second kappa shape index (κ2) is 6.52. The third-order valence-electron chi connectivity index (χ3n) is 5.72. The Hall–Kier alpha value is -2.18. The predicted octanol–water partition coefficient (Wildman–Crippen LogP) is 3.92. The summed E-state index contributed by atoms with van der Waals surface area (Å²) in [5.74, 6) is 0.770. The molecule has 3 unspecified atom stereocenters. The molecule has 2 N–H and O–H groups in total. The summed E-state index contributed by atoms with van der Waals surface area (Å²) < 4.78 is 2.03. The van der Waals surface area contributed by atoms with Gasteiger partial charge >= 0.3 is 0 Å². The molecule has 3 heterocycles. The highest BCUT2D eigenvalue weighted by Gasteiger charge is 2.38. The van der Waals surface area contributed by atoms with E-state index in [9.17, 15) is 4.79 Å². The highest BCUT2D eigenvalue weighted by Crippen LogP contribution is 2.33. The van der Waals surface area contributed by atoms with Gasteiger partial charge in [0.1, 0.15) is 0 Å². The van der Waals surface area contributed by atoms with E-state index in [2.05, 4.69) is 15.6 Å². The van der Waals surface area contributed by atoms with E-state index in [-0.39, 0.29) is 11.9 Å². The van der Waals surface area contributed by atoms with Gasteiger partial charge in [0, 0.05) is 35.1 Å². The lowest BCUT2D eigenvalue weighted by atomic mass is 9.85. The van der Waals surface area contributed by atoms with Crippen molar-refractivity contribution in [3.8, 4) is 11.3 Å². The standard InChI is InChI=1S/C20H22N4OS/c25-19(17-11-14-3-1-2-4-16(14)22-17)21-15-7-5-13(6-8-15)18-12-24-9-10-26-20(24)23-18/h5-10,12,14,16-17,22H,1-4,11H2,(H,21,25). The van der Waals surface area contributed by atoms with Crippen molar-refractivity contribution >= 4 is 27.9 Å². The Balaban J connectivity index is 1.26. The molecule has 2 fully saturated rings. The molecule has 0 radical (unpaired) electrons. The Morgan fingerprint density at radius 3 is 2.88 bits per heavy atom. The zero-order chi connectivity index (χ0) is 17.5. The van der Waals surface area contributed by atoms with Crippen molar-refractivity contribution in [3.63, 3.8) is 0 Å². The van der Waals surface area contributed by atoms with Gasteiger partial charge in [0.2, 0.25) is 5.91 Å². The number of aromatic nitrogens is 2. The lowest BCUT2D eigenvalue weighted by Crippen LogP contribution is -2.39. The van der Waals surface area contributed by atoms with Crippen LogP contribution >= 0.6 is 11.3 Å². The lowest BCUT2D eigenvalue weighted by Gasteiger charge is -2.24. The molecule has 134 valence electrons. The summed E-state index contributed by atoms with van der Waals surface area (Å²) in [5.41, 5.74) is 2.86. The summed E-state index contributed by atoms with van der Waals surface area (Å²) in [4.78, 5) is 18.2. The number of carbonyl (C=O) groups is 1. The summed E-state index contributed by atoms with van der Waals surface area (Å²) in [6.45, 7) is 0. The Bertz CT molecular complexity index is 886.